The van der Waals surface area contributed by atoms with Crippen LogP contribution in [0.25, 0.3) is 0 Å². The number of hydrogen-bond acceptors (Lipinski definition) is 4. The molecule has 0 bridgehead atoms. The van der Waals surface area contributed by atoms with Gasteiger partial charge in [-0.05, 0) is 32.6 Å². The molecule has 1 atom stereocenters. The first-order chi connectivity index (χ1) is 12.6. The van der Waals surface area contributed by atoms with Crippen LogP contribution in [-0.2, 0) is 4.74 Å². The molecule has 2 rings (SSSR count). The van der Waals surface area contributed by atoms with Gasteiger partial charge >= 0.3 is 0 Å². The second-order valence-electron chi connectivity index (χ2n) is 7.11. The summed E-state index contributed by atoms with van der Waals surface area (Å²) in [4.78, 5) is 7.30. The third kappa shape index (κ3) is 6.82. The zero-order chi connectivity index (χ0) is 18.8. The van der Waals surface area contributed by atoms with Gasteiger partial charge in [0.1, 0.15) is 0 Å². The maximum absolute atomic E-state index is 5.54. The molecular weight excluding hydrogens is 344 g/mol. The molecule has 1 aliphatic rings. The molecular formula is C20H34N4OS. The highest BCUT2D eigenvalue weighted by Crippen LogP contribution is 2.22. The quantitative estimate of drug-likeness (QED) is 0.538. The highest BCUT2D eigenvalue weighted by Gasteiger charge is 2.23. The van der Waals surface area contributed by atoms with Crippen LogP contribution < -0.4 is 10.6 Å². The van der Waals surface area contributed by atoms with Crippen molar-refractivity contribution in [1.82, 2.24) is 15.5 Å². The summed E-state index contributed by atoms with van der Waals surface area (Å²) in [5.74, 6) is 0.892. The van der Waals surface area contributed by atoms with Crippen LogP contribution in [-0.4, -0.2) is 67.8 Å². The predicted octanol–water partition coefficient (Wildman–Crippen LogP) is 2.76. The summed E-state index contributed by atoms with van der Waals surface area (Å²) in [5, 5.41) is 6.94. The minimum atomic E-state index is 0.144. The van der Waals surface area contributed by atoms with E-state index in [-0.39, 0.29) is 4.75 Å². The van der Waals surface area contributed by atoms with Gasteiger partial charge in [-0.25, -0.2) is 0 Å². The minimum Gasteiger partial charge on any atom is -0.379 e. The summed E-state index contributed by atoms with van der Waals surface area (Å²) in [6.45, 7) is 12.6. The van der Waals surface area contributed by atoms with E-state index in [2.05, 4.69) is 72.9 Å². The van der Waals surface area contributed by atoms with Crippen LogP contribution in [0.15, 0.2) is 35.3 Å². The van der Waals surface area contributed by atoms with Gasteiger partial charge in [0.25, 0.3) is 0 Å². The van der Waals surface area contributed by atoms with E-state index in [1.165, 1.54) is 5.56 Å². The van der Waals surface area contributed by atoms with Gasteiger partial charge in [0.2, 0.25) is 0 Å². The van der Waals surface area contributed by atoms with Crippen molar-refractivity contribution in [3.63, 3.8) is 0 Å². The van der Waals surface area contributed by atoms with Gasteiger partial charge in [0.05, 0.1) is 25.8 Å². The van der Waals surface area contributed by atoms with E-state index >= 15 is 0 Å². The Morgan fingerprint density at radius 1 is 1.23 bits per heavy atom. The number of nitrogens with one attached hydrogen (secondary N) is 2. The summed E-state index contributed by atoms with van der Waals surface area (Å²) >= 11 is 1.85. The largest absolute Gasteiger partial charge is 0.379 e. The van der Waals surface area contributed by atoms with Crippen molar-refractivity contribution in [2.45, 2.75) is 31.6 Å². The number of hydrogen-bond donors (Lipinski definition) is 2. The van der Waals surface area contributed by atoms with Gasteiger partial charge in [-0.15, -0.1) is 0 Å². The monoisotopic (exact) mass is 378 g/mol. The van der Waals surface area contributed by atoms with Crippen molar-refractivity contribution in [2.75, 3.05) is 52.2 Å². The van der Waals surface area contributed by atoms with E-state index in [0.29, 0.717) is 6.04 Å². The SMILES string of the molecule is CCNC(=NCC(C)(C)SC)NCC(c1ccccc1)N1CCOCC1. The Bertz CT molecular complexity index is 544. The highest BCUT2D eigenvalue weighted by molar-refractivity contribution is 7.99. The molecule has 1 heterocycles. The van der Waals surface area contributed by atoms with E-state index in [1.807, 2.05) is 11.8 Å². The zero-order valence-electron chi connectivity index (χ0n) is 16.6. The molecule has 1 saturated heterocycles. The summed E-state index contributed by atoms with van der Waals surface area (Å²) in [5.41, 5.74) is 1.34. The maximum atomic E-state index is 5.54. The van der Waals surface area contributed by atoms with Gasteiger partial charge in [-0.2, -0.15) is 11.8 Å². The molecule has 26 heavy (non-hydrogen) atoms. The molecule has 0 radical (unpaired) electrons. The first-order valence-corrected chi connectivity index (χ1v) is 10.7. The smallest absolute Gasteiger partial charge is 0.191 e. The van der Waals surface area contributed by atoms with Gasteiger partial charge in [0, 0.05) is 30.9 Å². The number of rotatable bonds is 8. The van der Waals surface area contributed by atoms with Crippen LogP contribution >= 0.6 is 11.8 Å². The Morgan fingerprint density at radius 2 is 1.92 bits per heavy atom. The fourth-order valence-electron chi connectivity index (χ4n) is 2.89. The molecule has 0 amide bonds. The average Bonchev–Trinajstić information content (AvgIpc) is 2.68. The molecule has 1 aromatic rings. The number of nitrogens with zero attached hydrogens (tertiary/aromatic N) is 2. The molecule has 5 nitrogen and oxygen atoms in total. The first kappa shape index (κ1) is 21.1. The fraction of sp³-hybridized carbons (Fsp3) is 0.650. The molecule has 0 aromatic heterocycles. The molecule has 1 aliphatic heterocycles. The van der Waals surface area contributed by atoms with E-state index < -0.39 is 0 Å². The predicted molar refractivity (Wildman–Crippen MR) is 113 cm³/mol. The van der Waals surface area contributed by atoms with Crippen LogP contribution in [0.3, 0.4) is 0 Å². The zero-order valence-corrected chi connectivity index (χ0v) is 17.4. The van der Waals surface area contributed by atoms with Gasteiger partial charge < -0.3 is 15.4 Å². The molecule has 0 spiro atoms. The van der Waals surface area contributed by atoms with Crippen LogP contribution in [0.2, 0.25) is 0 Å². The van der Waals surface area contributed by atoms with Gasteiger partial charge in [-0.1, -0.05) is 30.3 Å². The molecule has 1 aromatic carbocycles. The average molecular weight is 379 g/mol. The van der Waals surface area contributed by atoms with Gasteiger partial charge in [-0.3, -0.25) is 9.89 Å². The molecule has 1 unspecified atom stereocenters. The van der Waals surface area contributed by atoms with Crippen LogP contribution in [0.4, 0.5) is 0 Å². The lowest BCUT2D eigenvalue weighted by Gasteiger charge is -2.35. The summed E-state index contributed by atoms with van der Waals surface area (Å²) < 4.78 is 5.68. The maximum Gasteiger partial charge on any atom is 0.191 e. The lowest BCUT2D eigenvalue weighted by Crippen LogP contribution is -2.46. The van der Waals surface area contributed by atoms with E-state index in [1.54, 1.807) is 0 Å². The molecule has 2 N–H and O–H groups in total. The van der Waals surface area contributed by atoms with Crippen LogP contribution in [0.1, 0.15) is 32.4 Å². The Morgan fingerprint density at radius 3 is 2.54 bits per heavy atom. The third-order valence-electron chi connectivity index (χ3n) is 4.65. The van der Waals surface area contributed by atoms with Crippen molar-refractivity contribution in [1.29, 1.82) is 0 Å². The number of morpholine rings is 1. The van der Waals surface area contributed by atoms with Crippen molar-refractivity contribution >= 4 is 17.7 Å². The molecule has 6 heteroatoms. The summed E-state index contributed by atoms with van der Waals surface area (Å²) in [6.07, 6.45) is 2.14. The second-order valence-corrected chi connectivity index (χ2v) is 8.63. The normalized spacial score (nSPS) is 17.8. The third-order valence-corrected chi connectivity index (χ3v) is 5.88. The fourth-order valence-corrected chi connectivity index (χ4v) is 3.08. The van der Waals surface area contributed by atoms with E-state index in [0.717, 1.165) is 51.9 Å². The Kier molecular flexibility index (Phi) is 8.75. The number of thioether (sulfide) groups is 1. The Labute approximate surface area is 163 Å². The number of benzene rings is 1. The molecule has 0 aliphatic carbocycles. The minimum absolute atomic E-state index is 0.144. The summed E-state index contributed by atoms with van der Waals surface area (Å²) in [6, 6.07) is 11.0. The topological polar surface area (TPSA) is 48.9 Å². The Hall–Kier alpha value is -1.24. The lowest BCUT2D eigenvalue weighted by atomic mass is 10.0. The molecule has 146 valence electrons. The lowest BCUT2D eigenvalue weighted by molar-refractivity contribution is 0.0170. The highest BCUT2D eigenvalue weighted by atomic mass is 32.2. The second kappa shape index (κ2) is 10.8. The van der Waals surface area contributed by atoms with E-state index in [9.17, 15) is 0 Å². The van der Waals surface area contributed by atoms with Crippen molar-refractivity contribution in [2.24, 2.45) is 4.99 Å². The van der Waals surface area contributed by atoms with E-state index in [4.69, 9.17) is 9.73 Å². The summed E-state index contributed by atoms with van der Waals surface area (Å²) in [7, 11) is 0. The number of guanidine groups is 1. The van der Waals surface area contributed by atoms with Crippen molar-refractivity contribution in [3.8, 4) is 0 Å². The van der Waals surface area contributed by atoms with Gasteiger partial charge in [0.15, 0.2) is 5.96 Å². The molecule has 1 fully saturated rings. The Balaban J connectivity index is 2.06. The van der Waals surface area contributed by atoms with Crippen LogP contribution in [0, 0.1) is 0 Å². The number of ether oxygens (including phenoxy) is 1. The van der Waals surface area contributed by atoms with Crippen molar-refractivity contribution < 1.29 is 4.74 Å². The molecule has 0 saturated carbocycles. The van der Waals surface area contributed by atoms with Crippen LogP contribution in [0.5, 0.6) is 0 Å². The van der Waals surface area contributed by atoms with Crippen molar-refractivity contribution in [3.05, 3.63) is 35.9 Å². The standard InChI is InChI=1S/C20H34N4OS/c1-5-21-19(23-16-20(2,3)26-4)22-15-18(17-9-7-6-8-10-17)24-11-13-25-14-12-24/h6-10,18H,5,11-16H2,1-4H3,(H2,21,22,23). The first-order valence-electron chi connectivity index (χ1n) is 9.50. The number of aliphatic imine (C=N–C) groups is 1.